The lowest BCUT2D eigenvalue weighted by Gasteiger charge is -2.44. The Morgan fingerprint density at radius 2 is 1.97 bits per heavy atom. The van der Waals surface area contributed by atoms with E-state index in [0.717, 1.165) is 36.8 Å². The Bertz CT molecular complexity index is 1290. The van der Waals surface area contributed by atoms with Crippen LogP contribution in [0.5, 0.6) is 0 Å². The summed E-state index contributed by atoms with van der Waals surface area (Å²) >= 11 is 1.50. The molecule has 6 rings (SSSR count). The van der Waals surface area contributed by atoms with Gasteiger partial charge in [0.15, 0.2) is 10.9 Å². The largest absolute Gasteiger partial charge is 0.393 e. The molecule has 4 unspecified atom stereocenters. The number of nitrogens with one attached hydrogen (secondary N) is 1. The van der Waals surface area contributed by atoms with Gasteiger partial charge in [0.05, 0.1) is 11.7 Å². The average molecular weight is 532 g/mol. The van der Waals surface area contributed by atoms with Gasteiger partial charge in [-0.3, -0.25) is 9.89 Å². The maximum Gasteiger partial charge on any atom is 0.193 e. The molecule has 0 spiro atoms. The predicted molar refractivity (Wildman–Crippen MR) is 150 cm³/mol. The molecule has 3 aliphatic carbocycles. The van der Waals surface area contributed by atoms with Crippen molar-refractivity contribution in [1.29, 1.82) is 0 Å². The fraction of sp³-hybridized carbons (Fsp3) is 0.452. The summed E-state index contributed by atoms with van der Waals surface area (Å²) in [4.78, 5) is 18.1. The van der Waals surface area contributed by atoms with Crippen molar-refractivity contribution < 1.29 is 15.0 Å². The van der Waals surface area contributed by atoms with Crippen LogP contribution in [-0.4, -0.2) is 48.6 Å². The maximum absolute atomic E-state index is 13.9. The van der Waals surface area contributed by atoms with E-state index in [2.05, 4.69) is 47.2 Å². The fourth-order valence-electron chi connectivity index (χ4n) is 6.37. The number of aliphatic hydroxyl groups is 2. The van der Waals surface area contributed by atoms with E-state index in [1.54, 1.807) is 0 Å². The van der Waals surface area contributed by atoms with Crippen LogP contribution in [0.3, 0.4) is 0 Å². The van der Waals surface area contributed by atoms with E-state index in [4.69, 9.17) is 0 Å². The molecule has 6 nitrogen and oxygen atoms in total. The number of hydrogen-bond donors (Lipinski definition) is 3. The number of thioether (sulfide) groups is 1. The molecular weight excluding hydrogens is 494 g/mol. The lowest BCUT2D eigenvalue weighted by atomic mass is 9.65. The van der Waals surface area contributed by atoms with Crippen LogP contribution in [0.2, 0.25) is 0 Å². The number of aromatic amines is 1. The number of aromatic nitrogens is 3. The zero-order chi connectivity index (χ0) is 26.8. The second kappa shape index (κ2) is 11.2. The van der Waals surface area contributed by atoms with Crippen LogP contribution < -0.4 is 0 Å². The SMILES string of the molecule is CC1=CCCC2(C)C(CCC2(O)CSc2ncn[nH]2)c2ccc(cc2C(=O)c2ccccc2)CC(O)CC1. The summed E-state index contributed by atoms with van der Waals surface area (Å²) in [7, 11) is 0. The highest BCUT2D eigenvalue weighted by molar-refractivity contribution is 7.99. The van der Waals surface area contributed by atoms with Crippen molar-refractivity contribution in [3.63, 3.8) is 0 Å². The Morgan fingerprint density at radius 1 is 1.16 bits per heavy atom. The van der Waals surface area contributed by atoms with Gasteiger partial charge < -0.3 is 10.2 Å². The Hall–Kier alpha value is -2.74. The molecule has 200 valence electrons. The topological polar surface area (TPSA) is 99.1 Å². The zero-order valence-electron chi connectivity index (χ0n) is 22.2. The van der Waals surface area contributed by atoms with Gasteiger partial charge in [-0.05, 0) is 75.0 Å². The van der Waals surface area contributed by atoms with Crippen molar-refractivity contribution in [2.75, 3.05) is 5.75 Å². The molecule has 0 saturated heterocycles. The highest BCUT2D eigenvalue weighted by atomic mass is 32.2. The van der Waals surface area contributed by atoms with Gasteiger partial charge >= 0.3 is 0 Å². The van der Waals surface area contributed by atoms with E-state index in [-0.39, 0.29) is 11.7 Å². The molecule has 1 heterocycles. The Kier molecular flexibility index (Phi) is 7.89. The summed E-state index contributed by atoms with van der Waals surface area (Å²) in [6.07, 6.45) is 8.41. The first-order valence-corrected chi connectivity index (χ1v) is 14.5. The number of carbonyl (C=O) groups excluding carboxylic acids is 1. The van der Waals surface area contributed by atoms with Crippen molar-refractivity contribution in [3.05, 3.63) is 88.8 Å². The van der Waals surface area contributed by atoms with Gasteiger partial charge in [0.2, 0.25) is 0 Å². The monoisotopic (exact) mass is 531 g/mol. The molecule has 1 aromatic heterocycles. The minimum Gasteiger partial charge on any atom is -0.393 e. The van der Waals surface area contributed by atoms with E-state index in [1.165, 1.54) is 23.7 Å². The molecule has 4 atom stereocenters. The zero-order valence-corrected chi connectivity index (χ0v) is 23.0. The van der Waals surface area contributed by atoms with Gasteiger partial charge in [0, 0.05) is 22.3 Å². The Balaban J connectivity index is 1.59. The van der Waals surface area contributed by atoms with E-state index in [0.29, 0.717) is 41.3 Å². The molecule has 1 saturated carbocycles. The van der Waals surface area contributed by atoms with Crippen molar-refractivity contribution in [2.45, 2.75) is 81.6 Å². The van der Waals surface area contributed by atoms with Gasteiger partial charge in [0.25, 0.3) is 0 Å². The second-order valence-corrected chi connectivity index (χ2v) is 12.2. The molecule has 7 heteroatoms. The predicted octanol–water partition coefficient (Wildman–Crippen LogP) is 5.87. The summed E-state index contributed by atoms with van der Waals surface area (Å²) in [6.45, 7) is 4.33. The number of rotatable bonds is 5. The standard InChI is InChI=1S/C31H37N3O3S/c1-21-7-6-15-30(2)27(14-16-31(30,37)19-38-29-32-20-33-34-29)25-13-11-22(17-24(35)12-10-21)18-26(25)28(36)23-8-4-3-5-9-23/h3-5,7-9,11,13,18,20,24,27,35,37H,6,10,12,14-17,19H2,1-2H3,(H,32,33,34). The van der Waals surface area contributed by atoms with Crippen LogP contribution in [0.4, 0.5) is 0 Å². The number of carbonyl (C=O) groups is 1. The number of hydrogen-bond acceptors (Lipinski definition) is 6. The first-order valence-electron chi connectivity index (χ1n) is 13.6. The van der Waals surface area contributed by atoms with E-state index in [9.17, 15) is 15.0 Å². The first-order chi connectivity index (χ1) is 18.3. The molecule has 3 N–H and O–H groups in total. The average Bonchev–Trinajstić information content (AvgIpc) is 3.53. The third-order valence-electron chi connectivity index (χ3n) is 8.79. The van der Waals surface area contributed by atoms with Gasteiger partial charge in [-0.25, -0.2) is 4.98 Å². The normalized spacial score (nSPS) is 27.9. The Labute approximate surface area is 229 Å². The molecule has 2 bridgehead atoms. The number of fused-ring (bicyclic) bond motifs is 8. The number of benzene rings is 2. The van der Waals surface area contributed by atoms with Crippen LogP contribution in [0.1, 0.15) is 85.3 Å². The number of nitrogens with zero attached hydrogens (tertiary/aromatic N) is 2. The van der Waals surface area contributed by atoms with Gasteiger partial charge in [-0.15, -0.1) is 0 Å². The van der Waals surface area contributed by atoms with Gasteiger partial charge in [-0.1, -0.05) is 72.8 Å². The smallest absolute Gasteiger partial charge is 0.193 e. The molecule has 2 aromatic carbocycles. The van der Waals surface area contributed by atoms with Gasteiger partial charge in [-0.2, -0.15) is 5.10 Å². The van der Waals surface area contributed by atoms with Crippen LogP contribution in [-0.2, 0) is 6.42 Å². The quantitative estimate of drug-likeness (QED) is 0.216. The molecular formula is C31H37N3O3S. The third-order valence-corrected chi connectivity index (χ3v) is 9.88. The first kappa shape index (κ1) is 26.9. The second-order valence-electron chi connectivity index (χ2n) is 11.2. The fourth-order valence-corrected chi connectivity index (χ4v) is 7.46. The van der Waals surface area contributed by atoms with Crippen LogP contribution in [0, 0.1) is 5.41 Å². The minimum atomic E-state index is -0.935. The molecule has 38 heavy (non-hydrogen) atoms. The lowest BCUT2D eigenvalue weighted by Crippen LogP contribution is -2.46. The highest BCUT2D eigenvalue weighted by Gasteiger charge is 2.56. The molecule has 3 aromatic rings. The molecule has 0 aliphatic heterocycles. The molecule has 0 radical (unpaired) electrons. The number of H-pyrrole nitrogens is 1. The highest BCUT2D eigenvalue weighted by Crippen LogP contribution is 2.59. The Morgan fingerprint density at radius 3 is 2.74 bits per heavy atom. The summed E-state index contributed by atoms with van der Waals surface area (Å²) in [5, 5.41) is 30.5. The number of ketones is 1. The summed E-state index contributed by atoms with van der Waals surface area (Å²) < 4.78 is 0. The van der Waals surface area contributed by atoms with Crippen molar-refractivity contribution in [2.24, 2.45) is 5.41 Å². The van der Waals surface area contributed by atoms with Crippen molar-refractivity contribution >= 4 is 17.5 Å². The van der Waals surface area contributed by atoms with Crippen LogP contribution in [0.15, 0.2) is 71.7 Å². The summed E-state index contributed by atoms with van der Waals surface area (Å²) in [5.41, 5.74) is 3.19. The lowest BCUT2D eigenvalue weighted by molar-refractivity contribution is -0.0422. The molecule has 3 aliphatic rings. The van der Waals surface area contributed by atoms with Gasteiger partial charge in [0.1, 0.15) is 6.33 Å². The molecule has 0 amide bonds. The summed E-state index contributed by atoms with van der Waals surface area (Å²) in [5.74, 6) is 0.513. The third kappa shape index (κ3) is 5.37. The minimum absolute atomic E-state index is 0.00593. The maximum atomic E-state index is 13.9. The number of aliphatic hydroxyl groups excluding tert-OH is 1. The number of allylic oxidation sites excluding steroid dienone is 2. The van der Waals surface area contributed by atoms with Crippen molar-refractivity contribution in [3.8, 4) is 0 Å². The van der Waals surface area contributed by atoms with Crippen molar-refractivity contribution in [1.82, 2.24) is 15.2 Å². The van der Waals surface area contributed by atoms with E-state index in [1.807, 2.05) is 36.4 Å². The van der Waals surface area contributed by atoms with Crippen LogP contribution >= 0.6 is 11.8 Å². The van der Waals surface area contributed by atoms with E-state index >= 15 is 0 Å². The van der Waals surface area contributed by atoms with E-state index < -0.39 is 17.1 Å². The summed E-state index contributed by atoms with van der Waals surface area (Å²) in [6, 6.07) is 15.6. The van der Waals surface area contributed by atoms with Crippen LogP contribution in [0.25, 0.3) is 0 Å². The molecule has 1 fully saturated rings.